The van der Waals surface area contributed by atoms with E-state index in [4.69, 9.17) is 4.74 Å². The number of benzene rings is 1. The minimum atomic E-state index is -1.59. The largest absolute Gasteiger partial charge is 0.460 e. The molecule has 0 radical (unpaired) electrons. The van der Waals surface area contributed by atoms with Gasteiger partial charge in [0, 0.05) is 0 Å². The van der Waals surface area contributed by atoms with Crippen LogP contribution in [-0.2, 0) is 15.1 Å². The molecule has 0 aromatic heterocycles. The van der Waals surface area contributed by atoms with Gasteiger partial charge in [0.25, 0.3) is 0 Å². The summed E-state index contributed by atoms with van der Waals surface area (Å²) in [6.07, 6.45) is 3.08. The summed E-state index contributed by atoms with van der Waals surface area (Å²) >= 11 is 0. The highest BCUT2D eigenvalue weighted by atomic mass is 16.6. The molecule has 1 saturated carbocycles. The van der Waals surface area contributed by atoms with Gasteiger partial charge in [-0.25, -0.2) is 4.79 Å². The molecule has 0 aliphatic heterocycles. The minimum absolute atomic E-state index is 0.0937. The number of esters is 1. The van der Waals surface area contributed by atoms with Crippen LogP contribution in [0.2, 0.25) is 0 Å². The molecule has 0 bridgehead atoms. The van der Waals surface area contributed by atoms with Crippen LogP contribution in [0.25, 0.3) is 0 Å². The van der Waals surface area contributed by atoms with Crippen LogP contribution in [0.15, 0.2) is 30.3 Å². The molecule has 1 fully saturated rings. The predicted octanol–water partition coefficient (Wildman–Crippen LogP) is 3.90. The van der Waals surface area contributed by atoms with E-state index >= 15 is 0 Å². The molecule has 122 valence electrons. The van der Waals surface area contributed by atoms with Crippen molar-refractivity contribution >= 4 is 5.97 Å². The van der Waals surface area contributed by atoms with Crippen molar-refractivity contribution in [3.63, 3.8) is 0 Å². The van der Waals surface area contributed by atoms with Crippen LogP contribution < -0.4 is 0 Å². The van der Waals surface area contributed by atoms with Gasteiger partial charge in [-0.2, -0.15) is 0 Å². The Morgan fingerprint density at radius 1 is 1.27 bits per heavy atom. The summed E-state index contributed by atoms with van der Waals surface area (Å²) in [6.45, 7) is 8.09. The predicted molar refractivity (Wildman–Crippen MR) is 87.2 cm³/mol. The first-order valence-electron chi connectivity index (χ1n) is 8.31. The standard InChI is InChI=1S/C19H28O3/c1-13(2)15-11-10-14(3)17(12-15)22-18(20)19(4,21)16-8-6-5-7-9-16/h5-9,13-15,17,21H,10-12H2,1-4H3. The highest BCUT2D eigenvalue weighted by Gasteiger charge is 2.38. The fourth-order valence-corrected chi connectivity index (χ4v) is 3.21. The van der Waals surface area contributed by atoms with Gasteiger partial charge in [-0.15, -0.1) is 0 Å². The van der Waals surface area contributed by atoms with Crippen molar-refractivity contribution in [1.29, 1.82) is 0 Å². The molecule has 1 aliphatic rings. The third-order valence-electron chi connectivity index (χ3n) is 5.10. The van der Waals surface area contributed by atoms with Crippen molar-refractivity contribution < 1.29 is 14.6 Å². The van der Waals surface area contributed by atoms with Gasteiger partial charge in [0.15, 0.2) is 5.60 Å². The molecule has 0 amide bonds. The number of carbonyl (C=O) groups is 1. The average Bonchev–Trinajstić information content (AvgIpc) is 2.50. The van der Waals surface area contributed by atoms with Crippen LogP contribution in [0.1, 0.15) is 52.5 Å². The lowest BCUT2D eigenvalue weighted by Gasteiger charge is -2.37. The van der Waals surface area contributed by atoms with Crippen molar-refractivity contribution in [2.75, 3.05) is 0 Å². The SMILES string of the molecule is CC(C)C1CCC(C)C(OC(=O)C(C)(O)c2ccccc2)C1. The van der Waals surface area contributed by atoms with E-state index in [1.807, 2.05) is 18.2 Å². The average molecular weight is 304 g/mol. The van der Waals surface area contributed by atoms with Crippen molar-refractivity contribution in [1.82, 2.24) is 0 Å². The second kappa shape index (κ2) is 6.82. The second-order valence-corrected chi connectivity index (χ2v) is 7.18. The van der Waals surface area contributed by atoms with Gasteiger partial charge in [0.1, 0.15) is 6.10 Å². The Labute approximate surface area is 133 Å². The molecule has 3 nitrogen and oxygen atoms in total. The first-order chi connectivity index (χ1) is 10.3. The lowest BCUT2D eigenvalue weighted by molar-refractivity contribution is -0.176. The van der Waals surface area contributed by atoms with Gasteiger partial charge < -0.3 is 9.84 Å². The number of rotatable bonds is 4. The lowest BCUT2D eigenvalue weighted by atomic mass is 9.76. The van der Waals surface area contributed by atoms with Crippen molar-refractivity contribution in [3.05, 3.63) is 35.9 Å². The third kappa shape index (κ3) is 3.70. The van der Waals surface area contributed by atoms with Gasteiger partial charge in [0.2, 0.25) is 0 Å². The van der Waals surface area contributed by atoms with Crippen LogP contribution in [0.4, 0.5) is 0 Å². The Morgan fingerprint density at radius 2 is 1.91 bits per heavy atom. The normalized spacial score (nSPS) is 28.2. The molecule has 4 atom stereocenters. The number of hydrogen-bond donors (Lipinski definition) is 1. The maximum Gasteiger partial charge on any atom is 0.342 e. The fourth-order valence-electron chi connectivity index (χ4n) is 3.21. The van der Waals surface area contributed by atoms with E-state index in [-0.39, 0.29) is 6.10 Å². The molecule has 0 spiro atoms. The first-order valence-corrected chi connectivity index (χ1v) is 8.31. The van der Waals surface area contributed by atoms with Gasteiger partial charge in [-0.3, -0.25) is 0 Å². The van der Waals surface area contributed by atoms with E-state index < -0.39 is 11.6 Å². The summed E-state index contributed by atoms with van der Waals surface area (Å²) in [5.41, 5.74) is -1.02. The van der Waals surface area contributed by atoms with E-state index in [0.717, 1.165) is 12.8 Å². The highest BCUT2D eigenvalue weighted by Crippen LogP contribution is 2.36. The van der Waals surface area contributed by atoms with Crippen LogP contribution in [0.5, 0.6) is 0 Å². The fraction of sp³-hybridized carbons (Fsp3) is 0.632. The van der Waals surface area contributed by atoms with Gasteiger partial charge in [-0.1, -0.05) is 51.1 Å². The Hall–Kier alpha value is -1.35. The van der Waals surface area contributed by atoms with Gasteiger partial charge >= 0.3 is 5.97 Å². The van der Waals surface area contributed by atoms with Crippen molar-refractivity contribution in [2.45, 2.75) is 58.7 Å². The van der Waals surface area contributed by atoms with Gasteiger partial charge in [0.05, 0.1) is 0 Å². The van der Waals surface area contributed by atoms with Crippen LogP contribution >= 0.6 is 0 Å². The zero-order valence-electron chi connectivity index (χ0n) is 14.1. The number of aliphatic hydroxyl groups is 1. The smallest absolute Gasteiger partial charge is 0.342 e. The minimum Gasteiger partial charge on any atom is -0.460 e. The van der Waals surface area contributed by atoms with E-state index in [2.05, 4.69) is 20.8 Å². The van der Waals surface area contributed by atoms with Crippen LogP contribution in [-0.4, -0.2) is 17.2 Å². The molecule has 1 aromatic carbocycles. The Morgan fingerprint density at radius 3 is 2.50 bits per heavy atom. The van der Waals surface area contributed by atoms with Crippen molar-refractivity contribution in [3.8, 4) is 0 Å². The lowest BCUT2D eigenvalue weighted by Crippen LogP contribution is -2.40. The van der Waals surface area contributed by atoms with Gasteiger partial charge in [-0.05, 0) is 49.5 Å². The summed E-state index contributed by atoms with van der Waals surface area (Å²) < 4.78 is 5.71. The molecule has 2 rings (SSSR count). The summed E-state index contributed by atoms with van der Waals surface area (Å²) in [7, 11) is 0. The first kappa shape index (κ1) is 17.0. The monoisotopic (exact) mass is 304 g/mol. The number of ether oxygens (including phenoxy) is 1. The molecule has 0 saturated heterocycles. The summed E-state index contributed by atoms with van der Waals surface area (Å²) in [5, 5.41) is 10.6. The highest BCUT2D eigenvalue weighted by molar-refractivity contribution is 5.80. The molecule has 1 aliphatic carbocycles. The van der Waals surface area contributed by atoms with E-state index in [1.54, 1.807) is 12.1 Å². The zero-order chi connectivity index (χ0) is 16.3. The molecule has 1 N–H and O–H groups in total. The van der Waals surface area contributed by atoms with E-state index in [1.165, 1.54) is 13.3 Å². The molecular formula is C19H28O3. The zero-order valence-corrected chi connectivity index (χ0v) is 14.1. The summed E-state index contributed by atoms with van der Waals surface area (Å²) in [5.74, 6) is 1.00. The molecule has 3 heteroatoms. The Balaban J connectivity index is 2.07. The maximum atomic E-state index is 12.5. The van der Waals surface area contributed by atoms with Crippen molar-refractivity contribution in [2.24, 2.45) is 17.8 Å². The molecule has 0 heterocycles. The topological polar surface area (TPSA) is 46.5 Å². The summed E-state index contributed by atoms with van der Waals surface area (Å²) in [6, 6.07) is 9.00. The quantitative estimate of drug-likeness (QED) is 0.858. The second-order valence-electron chi connectivity index (χ2n) is 7.18. The van der Waals surface area contributed by atoms with E-state index in [9.17, 15) is 9.90 Å². The van der Waals surface area contributed by atoms with Crippen LogP contribution in [0.3, 0.4) is 0 Å². The Bertz CT molecular complexity index is 493. The molecular weight excluding hydrogens is 276 g/mol. The third-order valence-corrected chi connectivity index (χ3v) is 5.10. The number of hydrogen-bond acceptors (Lipinski definition) is 3. The Kier molecular flexibility index (Phi) is 5.28. The number of carbonyl (C=O) groups excluding carboxylic acids is 1. The molecule has 4 unspecified atom stereocenters. The molecule has 1 aromatic rings. The summed E-state index contributed by atoms with van der Waals surface area (Å²) in [4.78, 5) is 12.5. The van der Waals surface area contributed by atoms with Crippen LogP contribution in [0, 0.1) is 17.8 Å². The molecule has 22 heavy (non-hydrogen) atoms. The maximum absolute atomic E-state index is 12.5. The van der Waals surface area contributed by atoms with E-state index in [0.29, 0.717) is 23.3 Å².